The third-order valence-corrected chi connectivity index (χ3v) is 4.30. The first kappa shape index (κ1) is 13.2. The fourth-order valence-corrected chi connectivity index (χ4v) is 3.10. The van der Waals surface area contributed by atoms with E-state index in [0.29, 0.717) is 26.1 Å². The molecule has 3 aliphatic rings. The monoisotopic (exact) mass is 281 g/mol. The highest BCUT2D eigenvalue weighted by Crippen LogP contribution is 2.29. The van der Waals surface area contributed by atoms with Gasteiger partial charge in [0.25, 0.3) is 0 Å². The maximum Gasteiger partial charge on any atom is 0.323 e. The molecule has 0 radical (unpaired) electrons. The van der Waals surface area contributed by atoms with Crippen molar-refractivity contribution in [1.29, 1.82) is 0 Å². The van der Waals surface area contributed by atoms with Gasteiger partial charge >= 0.3 is 12.0 Å². The number of hydrogen-bond acceptors (Lipinski definition) is 3. The summed E-state index contributed by atoms with van der Waals surface area (Å²) in [5.74, 6) is -0.799. The molecule has 2 aliphatic heterocycles. The quantitative estimate of drug-likeness (QED) is 0.787. The van der Waals surface area contributed by atoms with Crippen molar-refractivity contribution >= 4 is 17.9 Å². The summed E-state index contributed by atoms with van der Waals surface area (Å²) in [5, 5.41) is 8.93. The van der Waals surface area contributed by atoms with E-state index in [2.05, 4.69) is 0 Å². The van der Waals surface area contributed by atoms with Gasteiger partial charge in [-0.2, -0.15) is 0 Å². The van der Waals surface area contributed by atoms with E-state index in [1.165, 1.54) is 4.90 Å². The number of fused-ring (bicyclic) bond motifs is 1. The molecule has 0 bridgehead atoms. The molecular formula is C13H19N3O4. The van der Waals surface area contributed by atoms with Crippen LogP contribution < -0.4 is 0 Å². The molecule has 1 N–H and O–H groups in total. The van der Waals surface area contributed by atoms with Crippen molar-refractivity contribution in [2.75, 3.05) is 26.2 Å². The molecule has 0 aromatic rings. The maximum absolute atomic E-state index is 12.5. The van der Waals surface area contributed by atoms with Gasteiger partial charge in [0.15, 0.2) is 0 Å². The standard InChI is InChI=1S/C13H19N3O4/c17-11-4-3-10-7-14(5-6-15(10)11)13(20)16(8-12(18)19)9-1-2-9/h9-10H,1-8H2,(H,18,19). The normalized spacial score (nSPS) is 25.6. The van der Waals surface area contributed by atoms with Gasteiger partial charge in [-0.05, 0) is 19.3 Å². The van der Waals surface area contributed by atoms with Crippen LogP contribution in [0.2, 0.25) is 0 Å². The minimum Gasteiger partial charge on any atom is -0.480 e. The summed E-state index contributed by atoms with van der Waals surface area (Å²) in [6, 6.07) is 0.0156. The minimum atomic E-state index is -0.972. The van der Waals surface area contributed by atoms with E-state index in [4.69, 9.17) is 5.11 Å². The van der Waals surface area contributed by atoms with Crippen molar-refractivity contribution in [3.8, 4) is 0 Å². The van der Waals surface area contributed by atoms with E-state index < -0.39 is 5.97 Å². The number of amides is 3. The topological polar surface area (TPSA) is 81.2 Å². The predicted octanol–water partition coefficient (Wildman–Crippen LogP) is -0.0380. The van der Waals surface area contributed by atoms with E-state index in [1.54, 1.807) is 4.90 Å². The van der Waals surface area contributed by atoms with Crippen molar-refractivity contribution < 1.29 is 19.5 Å². The molecule has 7 nitrogen and oxygen atoms in total. The van der Waals surface area contributed by atoms with E-state index in [1.807, 2.05) is 4.90 Å². The van der Waals surface area contributed by atoms with Crippen LogP contribution >= 0.6 is 0 Å². The Bertz CT molecular complexity index is 449. The molecule has 2 saturated heterocycles. The van der Waals surface area contributed by atoms with E-state index in [-0.39, 0.29) is 30.6 Å². The van der Waals surface area contributed by atoms with Crippen LogP contribution in [0.15, 0.2) is 0 Å². The molecule has 110 valence electrons. The summed E-state index contributed by atoms with van der Waals surface area (Å²) < 4.78 is 0. The Balaban J connectivity index is 1.64. The number of carbonyl (C=O) groups excluding carboxylic acids is 2. The van der Waals surface area contributed by atoms with Gasteiger partial charge in [0.05, 0.1) is 0 Å². The van der Waals surface area contributed by atoms with Crippen LogP contribution in [-0.4, -0.2) is 76.0 Å². The Labute approximate surface area is 117 Å². The second kappa shape index (κ2) is 4.96. The molecule has 1 atom stereocenters. The molecule has 1 unspecified atom stereocenters. The Morgan fingerprint density at radius 1 is 1.25 bits per heavy atom. The lowest BCUT2D eigenvalue weighted by atomic mass is 10.1. The Hall–Kier alpha value is -1.79. The average Bonchev–Trinajstić information content (AvgIpc) is 3.20. The molecule has 2 heterocycles. The molecule has 0 aromatic heterocycles. The van der Waals surface area contributed by atoms with Crippen LogP contribution in [0.3, 0.4) is 0 Å². The van der Waals surface area contributed by atoms with E-state index in [9.17, 15) is 14.4 Å². The number of carbonyl (C=O) groups is 3. The summed E-state index contributed by atoms with van der Waals surface area (Å²) in [5.41, 5.74) is 0. The third kappa shape index (κ3) is 2.44. The fourth-order valence-electron chi connectivity index (χ4n) is 3.10. The Kier molecular flexibility index (Phi) is 3.27. The highest BCUT2D eigenvalue weighted by Gasteiger charge is 2.41. The first-order chi connectivity index (χ1) is 9.56. The molecule has 20 heavy (non-hydrogen) atoms. The van der Waals surface area contributed by atoms with Crippen molar-refractivity contribution in [1.82, 2.24) is 14.7 Å². The lowest BCUT2D eigenvalue weighted by Gasteiger charge is -2.39. The SMILES string of the molecule is O=C(O)CN(C(=O)N1CCN2C(=O)CCC2C1)C1CC1. The minimum absolute atomic E-state index is 0.0850. The number of carboxylic acids is 1. The van der Waals surface area contributed by atoms with Crippen molar-refractivity contribution in [2.24, 2.45) is 0 Å². The summed E-state index contributed by atoms with van der Waals surface area (Å²) in [4.78, 5) is 40.0. The molecule has 1 aliphatic carbocycles. The smallest absolute Gasteiger partial charge is 0.323 e. The predicted molar refractivity (Wildman–Crippen MR) is 69.1 cm³/mol. The molecular weight excluding hydrogens is 262 g/mol. The number of piperazine rings is 1. The number of aliphatic carboxylic acids is 1. The zero-order chi connectivity index (χ0) is 14.3. The van der Waals surface area contributed by atoms with Crippen LogP contribution in [0.25, 0.3) is 0 Å². The Morgan fingerprint density at radius 3 is 2.65 bits per heavy atom. The number of nitrogens with zero attached hydrogens (tertiary/aromatic N) is 3. The van der Waals surface area contributed by atoms with Crippen LogP contribution in [0, 0.1) is 0 Å². The third-order valence-electron chi connectivity index (χ3n) is 4.30. The number of hydrogen-bond donors (Lipinski definition) is 1. The lowest BCUT2D eigenvalue weighted by molar-refractivity contribution is -0.137. The van der Waals surface area contributed by atoms with Gasteiger partial charge in [0.2, 0.25) is 5.91 Å². The van der Waals surface area contributed by atoms with Crippen LogP contribution in [-0.2, 0) is 9.59 Å². The molecule has 0 spiro atoms. The molecule has 0 aromatic carbocycles. The van der Waals surface area contributed by atoms with Crippen molar-refractivity contribution in [2.45, 2.75) is 37.8 Å². The van der Waals surface area contributed by atoms with Crippen LogP contribution in [0.4, 0.5) is 4.79 Å². The number of urea groups is 1. The summed E-state index contributed by atoms with van der Waals surface area (Å²) in [6.45, 7) is 1.38. The van der Waals surface area contributed by atoms with Crippen molar-refractivity contribution in [3.63, 3.8) is 0 Å². The van der Waals surface area contributed by atoms with Crippen molar-refractivity contribution in [3.05, 3.63) is 0 Å². The summed E-state index contributed by atoms with van der Waals surface area (Å²) in [7, 11) is 0. The maximum atomic E-state index is 12.5. The van der Waals surface area contributed by atoms with Crippen LogP contribution in [0.5, 0.6) is 0 Å². The summed E-state index contributed by atoms with van der Waals surface area (Å²) >= 11 is 0. The molecule has 3 rings (SSSR count). The second-order valence-corrected chi connectivity index (χ2v) is 5.76. The molecule has 3 amide bonds. The van der Waals surface area contributed by atoms with E-state index >= 15 is 0 Å². The zero-order valence-corrected chi connectivity index (χ0v) is 11.3. The van der Waals surface area contributed by atoms with Gasteiger partial charge in [-0.3, -0.25) is 9.59 Å². The fraction of sp³-hybridized carbons (Fsp3) is 0.769. The van der Waals surface area contributed by atoms with Gasteiger partial charge in [0, 0.05) is 38.1 Å². The van der Waals surface area contributed by atoms with E-state index in [0.717, 1.165) is 19.3 Å². The summed E-state index contributed by atoms with van der Waals surface area (Å²) in [6.07, 6.45) is 3.14. The lowest BCUT2D eigenvalue weighted by Crippen LogP contribution is -2.57. The number of rotatable bonds is 3. The zero-order valence-electron chi connectivity index (χ0n) is 11.3. The van der Waals surface area contributed by atoms with Gasteiger partial charge in [-0.15, -0.1) is 0 Å². The largest absolute Gasteiger partial charge is 0.480 e. The Morgan fingerprint density at radius 2 is 2.00 bits per heavy atom. The first-order valence-electron chi connectivity index (χ1n) is 7.13. The van der Waals surface area contributed by atoms with Crippen LogP contribution in [0.1, 0.15) is 25.7 Å². The first-order valence-corrected chi connectivity index (χ1v) is 7.13. The number of carboxylic acid groups (broad SMARTS) is 1. The highest BCUT2D eigenvalue weighted by molar-refractivity contribution is 5.82. The van der Waals surface area contributed by atoms with Gasteiger partial charge in [0.1, 0.15) is 6.54 Å². The van der Waals surface area contributed by atoms with Gasteiger partial charge in [-0.1, -0.05) is 0 Å². The van der Waals surface area contributed by atoms with Gasteiger partial charge < -0.3 is 19.8 Å². The molecule has 3 fully saturated rings. The highest BCUT2D eigenvalue weighted by atomic mass is 16.4. The average molecular weight is 281 g/mol. The van der Waals surface area contributed by atoms with Gasteiger partial charge in [-0.25, -0.2) is 4.79 Å². The molecule has 7 heteroatoms. The second-order valence-electron chi connectivity index (χ2n) is 5.76. The molecule has 1 saturated carbocycles.